The lowest BCUT2D eigenvalue weighted by Crippen LogP contribution is -2.43. The third-order valence-corrected chi connectivity index (χ3v) is 2.61. The maximum atomic E-state index is 12.6. The summed E-state index contributed by atoms with van der Waals surface area (Å²) >= 11 is 0. The Morgan fingerprint density at radius 2 is 2.12 bits per heavy atom. The lowest BCUT2D eigenvalue weighted by Gasteiger charge is -2.34. The van der Waals surface area contributed by atoms with Gasteiger partial charge in [-0.15, -0.1) is 0 Å². The van der Waals surface area contributed by atoms with Gasteiger partial charge in [-0.2, -0.15) is 13.2 Å². The molecule has 1 aliphatic rings. The van der Waals surface area contributed by atoms with Crippen LogP contribution < -0.4 is 0 Å². The fourth-order valence-corrected chi connectivity index (χ4v) is 1.71. The topological polar surface area (TPSA) is 20.2 Å². The number of halogens is 3. The number of alkyl halides is 3. The van der Waals surface area contributed by atoms with Crippen LogP contribution in [0.3, 0.4) is 0 Å². The van der Waals surface area contributed by atoms with E-state index < -0.39 is 17.7 Å². The Labute approximate surface area is 93.0 Å². The van der Waals surface area contributed by atoms with E-state index in [0.29, 0.717) is 6.42 Å². The average Bonchev–Trinajstić information content (AvgIpc) is 2.25. The number of rotatable bonds is 3. The third kappa shape index (κ3) is 2.76. The van der Waals surface area contributed by atoms with Crippen molar-refractivity contribution in [2.24, 2.45) is 5.41 Å². The molecule has 1 rings (SSSR count). The zero-order valence-electron chi connectivity index (χ0n) is 9.04. The monoisotopic (exact) mass is 232 g/mol. The molecule has 0 aromatic rings. The van der Waals surface area contributed by atoms with E-state index in [0.717, 1.165) is 0 Å². The summed E-state index contributed by atoms with van der Waals surface area (Å²) in [6, 6.07) is 0. The first kappa shape index (κ1) is 13.0. The van der Waals surface area contributed by atoms with Gasteiger partial charge in [-0.25, -0.2) is 0 Å². The predicted octanol–water partition coefficient (Wildman–Crippen LogP) is 3.38. The molecule has 0 aromatic heterocycles. The third-order valence-electron chi connectivity index (χ3n) is 2.61. The molecule has 0 amide bonds. The van der Waals surface area contributed by atoms with E-state index in [9.17, 15) is 18.3 Å². The summed E-state index contributed by atoms with van der Waals surface area (Å²) in [5.74, 6) is 0. The van der Waals surface area contributed by atoms with Gasteiger partial charge in [0.15, 0.2) is 6.10 Å². The Balaban J connectivity index is 3.01. The molecule has 1 aliphatic carbocycles. The zero-order valence-corrected chi connectivity index (χ0v) is 9.04. The quantitative estimate of drug-likeness (QED) is 0.739. The van der Waals surface area contributed by atoms with Crippen LogP contribution >= 0.6 is 0 Å². The Morgan fingerprint density at radius 3 is 2.56 bits per heavy atom. The Bertz CT molecular complexity index is 315. The van der Waals surface area contributed by atoms with Crippen molar-refractivity contribution >= 4 is 0 Å². The molecule has 1 N–H and O–H groups in total. The van der Waals surface area contributed by atoms with Gasteiger partial charge in [-0.3, -0.25) is 0 Å². The summed E-state index contributed by atoms with van der Waals surface area (Å²) in [5, 5.41) is 9.43. The first-order chi connectivity index (χ1) is 7.42. The van der Waals surface area contributed by atoms with Crippen LogP contribution in [0, 0.1) is 5.41 Å². The number of hydrogen-bond donors (Lipinski definition) is 1. The second-order valence-corrected chi connectivity index (χ2v) is 3.86. The Morgan fingerprint density at radius 1 is 1.44 bits per heavy atom. The molecule has 1 nitrogen and oxygen atoms in total. The smallest absolute Gasteiger partial charge is 0.382 e. The van der Waals surface area contributed by atoms with Gasteiger partial charge < -0.3 is 5.11 Å². The SMILES string of the molecule is CCC=CC1(C(O)C(F)(F)F)C=CC=CC1. The molecule has 0 fully saturated rings. The van der Waals surface area contributed by atoms with Crippen LogP contribution in [0.5, 0.6) is 0 Å². The first-order valence-electron chi connectivity index (χ1n) is 5.19. The maximum absolute atomic E-state index is 12.6. The molecule has 90 valence electrons. The highest BCUT2D eigenvalue weighted by Gasteiger charge is 2.50. The van der Waals surface area contributed by atoms with E-state index in [1.165, 1.54) is 12.2 Å². The van der Waals surface area contributed by atoms with Crippen molar-refractivity contribution in [2.45, 2.75) is 32.0 Å². The molecule has 2 unspecified atom stereocenters. The molecule has 16 heavy (non-hydrogen) atoms. The zero-order chi connectivity index (χ0) is 12.2. The lowest BCUT2D eigenvalue weighted by molar-refractivity contribution is -0.224. The van der Waals surface area contributed by atoms with Gasteiger partial charge in [0.2, 0.25) is 0 Å². The summed E-state index contributed by atoms with van der Waals surface area (Å²) in [6.07, 6.45) is 3.22. The summed E-state index contributed by atoms with van der Waals surface area (Å²) in [7, 11) is 0. The van der Waals surface area contributed by atoms with E-state index in [4.69, 9.17) is 0 Å². The minimum atomic E-state index is -4.60. The van der Waals surface area contributed by atoms with Crippen LogP contribution in [0.2, 0.25) is 0 Å². The normalized spacial score (nSPS) is 27.6. The molecule has 2 atom stereocenters. The summed E-state index contributed by atoms with van der Waals surface area (Å²) in [6.45, 7) is 1.84. The average molecular weight is 232 g/mol. The van der Waals surface area contributed by atoms with Crippen LogP contribution in [0.25, 0.3) is 0 Å². The van der Waals surface area contributed by atoms with Crippen LogP contribution in [-0.2, 0) is 0 Å². The summed E-state index contributed by atoms with van der Waals surface area (Å²) in [4.78, 5) is 0. The van der Waals surface area contributed by atoms with Crippen molar-refractivity contribution in [2.75, 3.05) is 0 Å². The number of allylic oxidation sites excluding steroid dienone is 4. The molecule has 0 aromatic carbocycles. The van der Waals surface area contributed by atoms with Gasteiger partial charge in [0.1, 0.15) is 0 Å². The highest BCUT2D eigenvalue weighted by Crippen LogP contribution is 2.41. The maximum Gasteiger partial charge on any atom is 0.415 e. The first-order valence-corrected chi connectivity index (χ1v) is 5.19. The van der Waals surface area contributed by atoms with Gasteiger partial charge >= 0.3 is 6.18 Å². The van der Waals surface area contributed by atoms with Crippen LogP contribution in [0.1, 0.15) is 19.8 Å². The second-order valence-electron chi connectivity index (χ2n) is 3.86. The van der Waals surface area contributed by atoms with Gasteiger partial charge in [0, 0.05) is 5.41 Å². The molecule has 0 bridgehead atoms. The van der Waals surface area contributed by atoms with Gasteiger partial charge in [0.05, 0.1) is 0 Å². The van der Waals surface area contributed by atoms with Gasteiger partial charge in [0.25, 0.3) is 0 Å². The van der Waals surface area contributed by atoms with E-state index in [-0.39, 0.29) is 6.42 Å². The molecular weight excluding hydrogens is 217 g/mol. The summed E-state index contributed by atoms with van der Waals surface area (Å²) in [5.41, 5.74) is -1.34. The number of aliphatic hydroxyl groups is 1. The molecule has 0 heterocycles. The highest BCUT2D eigenvalue weighted by molar-refractivity contribution is 5.25. The van der Waals surface area contributed by atoms with Crippen LogP contribution in [0.15, 0.2) is 36.5 Å². The van der Waals surface area contributed by atoms with Crippen molar-refractivity contribution in [3.63, 3.8) is 0 Å². The van der Waals surface area contributed by atoms with Crippen molar-refractivity contribution in [1.82, 2.24) is 0 Å². The lowest BCUT2D eigenvalue weighted by atomic mass is 9.76. The van der Waals surface area contributed by atoms with E-state index in [1.807, 2.05) is 6.92 Å². The van der Waals surface area contributed by atoms with Crippen LogP contribution in [0.4, 0.5) is 13.2 Å². The number of aliphatic hydroxyl groups excluding tert-OH is 1. The fourth-order valence-electron chi connectivity index (χ4n) is 1.71. The molecule has 0 aliphatic heterocycles. The van der Waals surface area contributed by atoms with E-state index in [2.05, 4.69) is 0 Å². The molecule has 0 saturated carbocycles. The molecular formula is C12H15F3O. The predicted molar refractivity (Wildman–Crippen MR) is 56.8 cm³/mol. The van der Waals surface area contributed by atoms with Gasteiger partial charge in [-0.05, 0) is 12.8 Å². The fraction of sp³-hybridized carbons (Fsp3) is 0.500. The van der Waals surface area contributed by atoms with Crippen molar-refractivity contribution in [3.05, 3.63) is 36.5 Å². The molecule has 0 saturated heterocycles. The van der Waals surface area contributed by atoms with Crippen molar-refractivity contribution < 1.29 is 18.3 Å². The van der Waals surface area contributed by atoms with E-state index in [1.54, 1.807) is 24.3 Å². The molecule has 0 spiro atoms. The summed E-state index contributed by atoms with van der Waals surface area (Å²) < 4.78 is 37.7. The minimum Gasteiger partial charge on any atom is -0.382 e. The van der Waals surface area contributed by atoms with Gasteiger partial charge in [-0.1, -0.05) is 43.4 Å². The van der Waals surface area contributed by atoms with E-state index >= 15 is 0 Å². The largest absolute Gasteiger partial charge is 0.415 e. The van der Waals surface area contributed by atoms with Crippen molar-refractivity contribution in [3.8, 4) is 0 Å². The molecule has 0 radical (unpaired) electrons. The second kappa shape index (κ2) is 4.87. The number of hydrogen-bond acceptors (Lipinski definition) is 1. The Hall–Kier alpha value is -1.03. The standard InChI is InChI=1S/C12H15F3O/c1-2-3-7-11(8-5-4-6-9-11)10(16)12(13,14)15/h3-8,10,16H,2,9H2,1H3. The van der Waals surface area contributed by atoms with Crippen molar-refractivity contribution in [1.29, 1.82) is 0 Å². The minimum absolute atomic E-state index is 0.167. The Kier molecular flexibility index (Phi) is 3.97. The van der Waals surface area contributed by atoms with Crippen LogP contribution in [-0.4, -0.2) is 17.4 Å². The highest BCUT2D eigenvalue weighted by atomic mass is 19.4. The molecule has 4 heteroatoms.